The number of carbonyl (C=O) groups excluding carboxylic acids is 4. The van der Waals surface area contributed by atoms with Crippen molar-refractivity contribution in [2.75, 3.05) is 71.1 Å². The van der Waals surface area contributed by atoms with Gasteiger partial charge >= 0.3 is 0 Å². The fourth-order valence-electron chi connectivity index (χ4n) is 7.57. The minimum absolute atomic E-state index is 0.118. The highest BCUT2D eigenvalue weighted by Crippen LogP contribution is 2.32. The van der Waals surface area contributed by atoms with Crippen molar-refractivity contribution in [2.45, 2.75) is 24.9 Å². The van der Waals surface area contributed by atoms with Crippen LogP contribution >= 0.6 is 0 Å². The summed E-state index contributed by atoms with van der Waals surface area (Å²) in [6, 6.07) is 12.2. The zero-order chi connectivity index (χ0) is 42.6. The Hall–Kier alpha value is -7.18. The molecule has 2 unspecified atom stereocenters. The topological polar surface area (TPSA) is 218 Å². The van der Waals surface area contributed by atoms with Gasteiger partial charge in [-0.05, 0) is 69.7 Å². The summed E-state index contributed by atoms with van der Waals surface area (Å²) in [6.45, 7) is 6.87. The Morgan fingerprint density at radius 1 is 0.934 bits per heavy atom. The lowest BCUT2D eigenvalue weighted by Gasteiger charge is -2.23. The molecule has 1 saturated heterocycles. The number of amides is 4. The number of aromatic amines is 2. The highest BCUT2D eigenvalue weighted by atomic mass is 16.5. The molecule has 61 heavy (non-hydrogen) atoms. The number of hydrogen-bond donors (Lipinski definition) is 6. The van der Waals surface area contributed by atoms with E-state index in [9.17, 15) is 19.2 Å². The first-order chi connectivity index (χ1) is 29.5. The molecule has 0 bridgehead atoms. The van der Waals surface area contributed by atoms with Crippen molar-refractivity contribution in [1.29, 1.82) is 0 Å². The van der Waals surface area contributed by atoms with Gasteiger partial charge in [-0.1, -0.05) is 6.58 Å². The number of carbonyl (C=O) groups is 4. The van der Waals surface area contributed by atoms with Crippen molar-refractivity contribution in [2.24, 2.45) is 0 Å². The Morgan fingerprint density at radius 3 is 2.44 bits per heavy atom. The molecule has 6 N–H and O–H groups in total. The highest BCUT2D eigenvalue weighted by molar-refractivity contribution is 6.02. The summed E-state index contributed by atoms with van der Waals surface area (Å²) in [6.07, 6.45) is 8.59. The van der Waals surface area contributed by atoms with Gasteiger partial charge in [-0.3, -0.25) is 19.2 Å². The van der Waals surface area contributed by atoms with E-state index in [0.29, 0.717) is 115 Å². The molecule has 0 aliphatic carbocycles. The van der Waals surface area contributed by atoms with Crippen molar-refractivity contribution in [3.63, 3.8) is 0 Å². The van der Waals surface area contributed by atoms with Gasteiger partial charge in [0, 0.05) is 87.2 Å². The number of aromatic nitrogens is 6. The molecular formula is C43H47N13O5. The number of rotatable bonds is 14. The SMILES string of the molecule is C=CC(=O)NC1CN(C)CC1Nc1nccc(-c2cc3c([nH]2)CCN(C=CC(=O)Nc2cc(-c4nccc(-c5cc6c([nH]5)CCNC6=O)n4)ccc2OCCN(C)C)C3=O)n1. The van der Waals surface area contributed by atoms with Crippen molar-refractivity contribution < 1.29 is 23.9 Å². The third kappa shape index (κ3) is 9.19. The molecule has 4 amide bonds. The molecular weight excluding hydrogens is 779 g/mol. The monoisotopic (exact) mass is 825 g/mol. The predicted octanol–water partition coefficient (Wildman–Crippen LogP) is 2.70. The number of benzene rings is 1. The molecule has 0 radical (unpaired) electrons. The van der Waals surface area contributed by atoms with Gasteiger partial charge in [0.2, 0.25) is 17.8 Å². The Bertz CT molecular complexity index is 2530. The molecule has 0 saturated carbocycles. The third-order valence-electron chi connectivity index (χ3n) is 10.7. The van der Waals surface area contributed by atoms with Crippen LogP contribution < -0.4 is 26.0 Å². The zero-order valence-corrected chi connectivity index (χ0v) is 34.1. The number of hydrogen-bond acceptors (Lipinski definition) is 12. The number of H-pyrrole nitrogens is 2. The first-order valence-electron chi connectivity index (χ1n) is 20.0. The van der Waals surface area contributed by atoms with Gasteiger partial charge in [0.25, 0.3) is 11.8 Å². The lowest BCUT2D eigenvalue weighted by molar-refractivity contribution is -0.117. The van der Waals surface area contributed by atoms with E-state index in [1.165, 1.54) is 23.3 Å². The Balaban J connectivity index is 0.958. The molecule has 8 rings (SSSR count). The van der Waals surface area contributed by atoms with Crippen molar-refractivity contribution in [3.05, 3.63) is 102 Å². The summed E-state index contributed by atoms with van der Waals surface area (Å²) in [5.41, 5.74) is 6.35. The zero-order valence-electron chi connectivity index (χ0n) is 34.1. The van der Waals surface area contributed by atoms with Crippen molar-refractivity contribution in [1.82, 2.24) is 55.2 Å². The highest BCUT2D eigenvalue weighted by Gasteiger charge is 2.32. The van der Waals surface area contributed by atoms with Gasteiger partial charge in [0.05, 0.1) is 51.7 Å². The molecule has 18 heteroatoms. The molecule has 3 aliphatic heterocycles. The van der Waals surface area contributed by atoms with E-state index in [-0.39, 0.29) is 29.8 Å². The molecule has 3 aliphatic rings. The largest absolute Gasteiger partial charge is 0.490 e. The number of ether oxygens (including phenoxy) is 1. The first-order valence-corrected chi connectivity index (χ1v) is 20.0. The van der Waals surface area contributed by atoms with E-state index in [1.807, 2.05) is 32.1 Å². The summed E-state index contributed by atoms with van der Waals surface area (Å²) in [4.78, 5) is 82.3. The second kappa shape index (κ2) is 17.6. The van der Waals surface area contributed by atoms with Crippen molar-refractivity contribution >= 4 is 35.3 Å². The van der Waals surface area contributed by atoms with Crippen LogP contribution in [-0.4, -0.2) is 141 Å². The summed E-state index contributed by atoms with van der Waals surface area (Å²) < 4.78 is 6.08. The Labute approximate surface area is 351 Å². The van der Waals surface area contributed by atoms with E-state index in [1.54, 1.807) is 48.8 Å². The molecule has 18 nitrogen and oxygen atoms in total. The number of likely N-dealkylation sites (N-methyl/N-ethyl adjacent to an activating group) is 2. The molecule has 1 fully saturated rings. The molecule has 2 atom stereocenters. The van der Waals surface area contributed by atoms with Crippen LogP contribution in [0.15, 0.2) is 79.8 Å². The summed E-state index contributed by atoms with van der Waals surface area (Å²) in [7, 11) is 5.87. The molecule has 4 aromatic heterocycles. The normalized spacial score (nSPS) is 17.5. The van der Waals surface area contributed by atoms with Crippen LogP contribution in [0.5, 0.6) is 5.75 Å². The maximum Gasteiger partial charge on any atom is 0.259 e. The summed E-state index contributed by atoms with van der Waals surface area (Å²) in [5.74, 6) is 0.191. The third-order valence-corrected chi connectivity index (χ3v) is 10.7. The van der Waals surface area contributed by atoms with Crippen LogP contribution in [0.1, 0.15) is 32.1 Å². The maximum absolute atomic E-state index is 13.7. The second-order valence-electron chi connectivity index (χ2n) is 15.4. The van der Waals surface area contributed by atoms with Gasteiger partial charge in [-0.25, -0.2) is 19.9 Å². The lowest BCUT2D eigenvalue weighted by Crippen LogP contribution is -2.45. The number of fused-ring (bicyclic) bond motifs is 2. The van der Waals surface area contributed by atoms with E-state index in [2.05, 4.69) is 52.7 Å². The summed E-state index contributed by atoms with van der Waals surface area (Å²) in [5, 5.41) is 12.1. The van der Waals surface area contributed by atoms with Gasteiger partial charge in [0.1, 0.15) is 12.4 Å². The van der Waals surface area contributed by atoms with E-state index < -0.39 is 5.91 Å². The summed E-state index contributed by atoms with van der Waals surface area (Å²) >= 11 is 0. The Kier molecular flexibility index (Phi) is 11.7. The number of nitrogens with one attached hydrogen (secondary N) is 6. The number of nitrogens with zero attached hydrogens (tertiary/aromatic N) is 7. The average Bonchev–Trinajstić information content (AvgIpc) is 3.99. The molecule has 7 heterocycles. The lowest BCUT2D eigenvalue weighted by atomic mass is 10.1. The average molecular weight is 826 g/mol. The minimum Gasteiger partial charge on any atom is -0.490 e. The minimum atomic E-state index is -0.464. The fourth-order valence-corrected chi connectivity index (χ4v) is 7.57. The van der Waals surface area contributed by atoms with E-state index >= 15 is 0 Å². The van der Waals surface area contributed by atoms with Crippen LogP contribution in [0.3, 0.4) is 0 Å². The van der Waals surface area contributed by atoms with E-state index in [0.717, 1.165) is 11.4 Å². The van der Waals surface area contributed by atoms with E-state index in [4.69, 9.17) is 14.7 Å². The van der Waals surface area contributed by atoms with Gasteiger partial charge in [-0.2, -0.15) is 0 Å². The second-order valence-corrected chi connectivity index (χ2v) is 15.4. The van der Waals surface area contributed by atoms with Crippen LogP contribution in [0, 0.1) is 0 Å². The van der Waals surface area contributed by atoms with Gasteiger partial charge < -0.3 is 50.7 Å². The van der Waals surface area contributed by atoms with Gasteiger partial charge in [-0.15, -0.1) is 0 Å². The molecule has 1 aromatic carbocycles. The standard InChI is InChI=1S/C43H47N13O5/c1-5-38(57)50-35-23-55(4)24-36(35)53-43-46-15-10-31(52-43)33-22-27-29(48-33)11-16-56(42(27)60)17-12-39(58)49-34-20-25(6-7-37(34)61-19-18-54(2)3)40-44-13-9-30(51-40)32-21-26-28(47-32)8-14-45-41(26)59/h5-7,9-10,12-13,15,17,20-22,35-36,47-48H,1,8,11,14,16,18-19,23-24H2,2-4H3,(H,45,59)(H,49,58)(H,50,57)(H,46,52,53). The van der Waals surface area contributed by atoms with Gasteiger partial charge in [0.15, 0.2) is 5.82 Å². The smallest absolute Gasteiger partial charge is 0.259 e. The Morgan fingerprint density at radius 2 is 1.67 bits per heavy atom. The first kappa shape index (κ1) is 40.6. The molecule has 314 valence electrons. The predicted molar refractivity (Wildman–Crippen MR) is 229 cm³/mol. The number of anilines is 2. The fraction of sp³-hybridized carbons (Fsp3) is 0.302. The molecule has 0 spiro atoms. The number of likely N-dealkylation sites (tertiary alicyclic amines) is 1. The van der Waals surface area contributed by atoms with Crippen LogP contribution in [0.4, 0.5) is 11.6 Å². The molecule has 5 aromatic rings. The van der Waals surface area contributed by atoms with Crippen LogP contribution in [0.2, 0.25) is 0 Å². The van der Waals surface area contributed by atoms with Crippen molar-refractivity contribution in [3.8, 4) is 39.9 Å². The van der Waals surface area contributed by atoms with Crippen LogP contribution in [0.25, 0.3) is 34.2 Å². The van der Waals surface area contributed by atoms with Crippen LogP contribution in [-0.2, 0) is 22.4 Å². The quantitative estimate of drug-likeness (QED) is 0.0892. The maximum atomic E-state index is 13.7.